The second kappa shape index (κ2) is 5.85. The number of carbonyl (C=O) groups is 1. The minimum absolute atomic E-state index is 0.435. The van der Waals surface area contributed by atoms with Crippen LogP contribution in [0.25, 0.3) is 6.08 Å². The molecule has 0 unspecified atom stereocenters. The summed E-state index contributed by atoms with van der Waals surface area (Å²) in [6.07, 6.45) is 10.6. The van der Waals surface area contributed by atoms with Gasteiger partial charge in [-0.2, -0.15) is 0 Å². The highest BCUT2D eigenvalue weighted by Crippen LogP contribution is 2.26. The fourth-order valence-corrected chi connectivity index (χ4v) is 2.69. The Kier molecular flexibility index (Phi) is 4.19. The molecule has 0 amide bonds. The van der Waals surface area contributed by atoms with Gasteiger partial charge in [0.1, 0.15) is 0 Å². The normalized spacial score (nSPS) is 17.2. The van der Waals surface area contributed by atoms with Crippen LogP contribution in [-0.2, 0) is 0 Å². The zero-order chi connectivity index (χ0) is 13.0. The van der Waals surface area contributed by atoms with Crippen molar-refractivity contribution in [2.75, 3.05) is 0 Å². The van der Waals surface area contributed by atoms with Crippen molar-refractivity contribution in [1.29, 1.82) is 0 Å². The van der Waals surface area contributed by atoms with Crippen LogP contribution in [0.3, 0.4) is 0 Å². The molecule has 0 radical (unpaired) electrons. The van der Waals surface area contributed by atoms with Crippen LogP contribution in [0.1, 0.15) is 53.6 Å². The first-order valence-electron chi connectivity index (χ1n) is 6.69. The van der Waals surface area contributed by atoms with E-state index in [0.717, 1.165) is 11.1 Å². The van der Waals surface area contributed by atoms with Gasteiger partial charge in [0.2, 0.25) is 0 Å². The number of benzene rings is 1. The number of rotatable bonds is 3. The molecule has 2 nitrogen and oxygen atoms in total. The predicted octanol–water partition coefficient (Wildman–Crippen LogP) is 4.29. The summed E-state index contributed by atoms with van der Waals surface area (Å²) in [6.45, 7) is 1.85. The minimum Gasteiger partial charge on any atom is -0.478 e. The predicted molar refractivity (Wildman–Crippen MR) is 73.7 cm³/mol. The Morgan fingerprint density at radius 3 is 2.67 bits per heavy atom. The fourth-order valence-electron chi connectivity index (χ4n) is 2.69. The third kappa shape index (κ3) is 3.00. The standard InChI is InChI=1S/C16H20O2/c1-12-6-5-9-14(15(12)16(17)18)11-10-13-7-3-2-4-8-13/h5-6,9-11,13H,2-4,7-8H2,1H3,(H,17,18)/b11-10+. The number of carboxylic acids is 1. The molecule has 0 saturated heterocycles. The Morgan fingerprint density at radius 2 is 2.00 bits per heavy atom. The van der Waals surface area contributed by atoms with Crippen LogP contribution in [0.2, 0.25) is 0 Å². The van der Waals surface area contributed by atoms with Crippen LogP contribution in [0.5, 0.6) is 0 Å². The maximum Gasteiger partial charge on any atom is 0.336 e. The molecule has 2 heteroatoms. The third-order valence-electron chi connectivity index (χ3n) is 3.72. The Hall–Kier alpha value is -1.57. The van der Waals surface area contributed by atoms with Crippen molar-refractivity contribution in [3.8, 4) is 0 Å². The van der Waals surface area contributed by atoms with Crippen molar-refractivity contribution < 1.29 is 9.90 Å². The van der Waals surface area contributed by atoms with Gasteiger partial charge in [0.25, 0.3) is 0 Å². The quantitative estimate of drug-likeness (QED) is 0.861. The van der Waals surface area contributed by atoms with Gasteiger partial charge in [0.05, 0.1) is 5.56 Å². The summed E-state index contributed by atoms with van der Waals surface area (Å²) < 4.78 is 0. The van der Waals surface area contributed by atoms with Crippen molar-refractivity contribution in [2.24, 2.45) is 5.92 Å². The van der Waals surface area contributed by atoms with Crippen molar-refractivity contribution in [3.63, 3.8) is 0 Å². The molecular formula is C16H20O2. The van der Waals surface area contributed by atoms with Crippen LogP contribution >= 0.6 is 0 Å². The van der Waals surface area contributed by atoms with Gasteiger partial charge >= 0.3 is 5.97 Å². The molecule has 0 spiro atoms. The van der Waals surface area contributed by atoms with Gasteiger partial charge in [-0.1, -0.05) is 49.6 Å². The Morgan fingerprint density at radius 1 is 1.28 bits per heavy atom. The number of aromatic carboxylic acids is 1. The lowest BCUT2D eigenvalue weighted by Crippen LogP contribution is -2.04. The van der Waals surface area contributed by atoms with E-state index in [1.807, 2.05) is 31.2 Å². The summed E-state index contributed by atoms with van der Waals surface area (Å²) in [6, 6.07) is 5.65. The summed E-state index contributed by atoms with van der Waals surface area (Å²) in [5, 5.41) is 9.25. The monoisotopic (exact) mass is 244 g/mol. The largest absolute Gasteiger partial charge is 0.478 e. The molecule has 1 aliphatic carbocycles. The lowest BCUT2D eigenvalue weighted by atomic mass is 9.88. The molecule has 96 valence electrons. The first-order chi connectivity index (χ1) is 8.68. The Bertz CT molecular complexity index is 454. The molecule has 0 aromatic heterocycles. The highest BCUT2D eigenvalue weighted by atomic mass is 16.4. The smallest absolute Gasteiger partial charge is 0.336 e. The minimum atomic E-state index is -0.837. The first kappa shape index (κ1) is 12.9. The molecule has 1 saturated carbocycles. The molecule has 2 rings (SSSR count). The molecule has 0 atom stereocenters. The summed E-state index contributed by atoms with van der Waals surface area (Å²) in [7, 11) is 0. The average Bonchev–Trinajstić information content (AvgIpc) is 2.37. The molecule has 0 heterocycles. The summed E-state index contributed by atoms with van der Waals surface area (Å²) in [5.74, 6) is -0.211. The SMILES string of the molecule is Cc1cccc(/C=C/C2CCCCC2)c1C(=O)O. The summed E-state index contributed by atoms with van der Waals surface area (Å²) >= 11 is 0. The van der Waals surface area contributed by atoms with Crippen molar-refractivity contribution in [2.45, 2.75) is 39.0 Å². The molecule has 1 aliphatic rings. The average molecular weight is 244 g/mol. The molecule has 0 bridgehead atoms. The van der Waals surface area contributed by atoms with Gasteiger partial charge in [-0.3, -0.25) is 0 Å². The van der Waals surface area contributed by atoms with E-state index in [4.69, 9.17) is 0 Å². The van der Waals surface area contributed by atoms with Crippen LogP contribution < -0.4 is 0 Å². The topological polar surface area (TPSA) is 37.3 Å². The second-order valence-corrected chi connectivity index (χ2v) is 5.10. The van der Waals surface area contributed by atoms with Gasteiger partial charge in [-0.05, 0) is 36.8 Å². The van der Waals surface area contributed by atoms with E-state index < -0.39 is 5.97 Å². The van der Waals surface area contributed by atoms with Crippen molar-refractivity contribution in [1.82, 2.24) is 0 Å². The van der Waals surface area contributed by atoms with Crippen LogP contribution in [0, 0.1) is 12.8 Å². The zero-order valence-electron chi connectivity index (χ0n) is 10.9. The maximum atomic E-state index is 11.3. The zero-order valence-corrected chi connectivity index (χ0v) is 10.9. The molecule has 1 fully saturated rings. The van der Waals surface area contributed by atoms with E-state index >= 15 is 0 Å². The number of aryl methyl sites for hydroxylation is 1. The summed E-state index contributed by atoms with van der Waals surface area (Å²) in [5.41, 5.74) is 2.09. The fraction of sp³-hybridized carbons (Fsp3) is 0.438. The Labute approximate surface area is 108 Å². The molecule has 1 aromatic rings. The number of allylic oxidation sites excluding steroid dienone is 1. The summed E-state index contributed by atoms with van der Waals surface area (Å²) in [4.78, 5) is 11.3. The van der Waals surface area contributed by atoms with Gasteiger partial charge in [0, 0.05) is 0 Å². The van der Waals surface area contributed by atoms with Gasteiger partial charge in [-0.15, -0.1) is 0 Å². The highest BCUT2D eigenvalue weighted by molar-refractivity contribution is 5.93. The Balaban J connectivity index is 2.20. The number of hydrogen-bond donors (Lipinski definition) is 1. The first-order valence-corrected chi connectivity index (χ1v) is 6.69. The van der Waals surface area contributed by atoms with Crippen LogP contribution in [0.4, 0.5) is 0 Å². The maximum absolute atomic E-state index is 11.3. The van der Waals surface area contributed by atoms with Crippen LogP contribution in [-0.4, -0.2) is 11.1 Å². The second-order valence-electron chi connectivity index (χ2n) is 5.10. The van der Waals surface area contributed by atoms with E-state index in [0.29, 0.717) is 11.5 Å². The van der Waals surface area contributed by atoms with Gasteiger partial charge in [-0.25, -0.2) is 4.79 Å². The van der Waals surface area contributed by atoms with E-state index in [1.165, 1.54) is 32.1 Å². The van der Waals surface area contributed by atoms with E-state index in [2.05, 4.69) is 6.08 Å². The molecule has 1 aromatic carbocycles. The third-order valence-corrected chi connectivity index (χ3v) is 3.72. The molecule has 1 N–H and O–H groups in total. The van der Waals surface area contributed by atoms with E-state index in [1.54, 1.807) is 0 Å². The van der Waals surface area contributed by atoms with Crippen molar-refractivity contribution >= 4 is 12.0 Å². The molecular weight excluding hydrogens is 224 g/mol. The number of carboxylic acid groups (broad SMARTS) is 1. The van der Waals surface area contributed by atoms with E-state index in [9.17, 15) is 9.90 Å². The lowest BCUT2D eigenvalue weighted by Gasteiger charge is -2.17. The van der Waals surface area contributed by atoms with E-state index in [-0.39, 0.29) is 0 Å². The number of hydrogen-bond acceptors (Lipinski definition) is 1. The van der Waals surface area contributed by atoms with Crippen LogP contribution in [0.15, 0.2) is 24.3 Å². The lowest BCUT2D eigenvalue weighted by molar-refractivity contribution is 0.0696. The van der Waals surface area contributed by atoms with Gasteiger partial charge in [0.15, 0.2) is 0 Å². The molecule has 0 aliphatic heterocycles. The highest BCUT2D eigenvalue weighted by Gasteiger charge is 2.13. The van der Waals surface area contributed by atoms with Gasteiger partial charge < -0.3 is 5.11 Å². The van der Waals surface area contributed by atoms with Crippen molar-refractivity contribution in [3.05, 3.63) is 41.0 Å². The molecule has 18 heavy (non-hydrogen) atoms.